The molecule has 2 aromatic rings. The van der Waals surface area contributed by atoms with Gasteiger partial charge < -0.3 is 14.2 Å². The number of nitrogens with two attached hydrogens (primary N) is 1. The number of hydrogen-bond donors (Lipinski definition) is 1. The molecule has 25 heavy (non-hydrogen) atoms. The van der Waals surface area contributed by atoms with Gasteiger partial charge in [-0.2, -0.15) is 0 Å². The first-order chi connectivity index (χ1) is 11.8. The molecular formula is C17H19NO6S. The summed E-state index contributed by atoms with van der Waals surface area (Å²) in [5.41, 5.74) is 1.03. The van der Waals surface area contributed by atoms with E-state index < -0.39 is 16.0 Å². The van der Waals surface area contributed by atoms with Crippen molar-refractivity contribution in [3.8, 4) is 11.5 Å². The van der Waals surface area contributed by atoms with Crippen LogP contribution in [0, 0.1) is 6.92 Å². The van der Waals surface area contributed by atoms with Gasteiger partial charge in [0.2, 0.25) is 10.0 Å². The van der Waals surface area contributed by atoms with Crippen molar-refractivity contribution in [1.82, 2.24) is 0 Å². The van der Waals surface area contributed by atoms with E-state index in [2.05, 4.69) is 0 Å². The molecule has 0 amide bonds. The molecule has 0 heterocycles. The Morgan fingerprint density at radius 2 is 1.88 bits per heavy atom. The van der Waals surface area contributed by atoms with Crippen molar-refractivity contribution in [2.45, 2.75) is 11.8 Å². The first-order valence-corrected chi connectivity index (χ1v) is 8.93. The standard InChI is InChI=1S/C17H19NO6S/c1-12-4-3-5-13(10-12)23-8-9-24-17(19)15-11-14(25(18,20)21)6-7-16(15)22-2/h3-7,10-11H,8-9H2,1-2H3,(H2,18,20,21). The topological polar surface area (TPSA) is 105 Å². The minimum atomic E-state index is -3.94. The molecule has 0 spiro atoms. The number of aryl methyl sites for hydroxylation is 1. The highest BCUT2D eigenvalue weighted by atomic mass is 32.2. The van der Waals surface area contributed by atoms with Crippen LogP contribution in [-0.4, -0.2) is 34.7 Å². The number of carbonyl (C=O) groups is 1. The molecule has 2 aromatic carbocycles. The maximum absolute atomic E-state index is 12.2. The van der Waals surface area contributed by atoms with Gasteiger partial charge in [0.25, 0.3) is 0 Å². The van der Waals surface area contributed by atoms with Crippen molar-refractivity contribution in [3.63, 3.8) is 0 Å². The number of carbonyl (C=O) groups excluding carboxylic acids is 1. The van der Waals surface area contributed by atoms with Crippen molar-refractivity contribution in [2.75, 3.05) is 20.3 Å². The highest BCUT2D eigenvalue weighted by Gasteiger charge is 2.18. The molecule has 0 radical (unpaired) electrons. The molecule has 0 aliphatic rings. The highest BCUT2D eigenvalue weighted by Crippen LogP contribution is 2.22. The zero-order chi connectivity index (χ0) is 18.4. The molecule has 0 aliphatic heterocycles. The first-order valence-electron chi connectivity index (χ1n) is 7.38. The molecular weight excluding hydrogens is 346 g/mol. The van der Waals surface area contributed by atoms with E-state index >= 15 is 0 Å². The Bertz CT molecular complexity index is 863. The van der Waals surface area contributed by atoms with Gasteiger partial charge in [-0.05, 0) is 42.8 Å². The number of benzene rings is 2. The van der Waals surface area contributed by atoms with Gasteiger partial charge in [-0.3, -0.25) is 0 Å². The largest absolute Gasteiger partial charge is 0.496 e. The van der Waals surface area contributed by atoms with Crippen molar-refractivity contribution in [3.05, 3.63) is 53.6 Å². The van der Waals surface area contributed by atoms with E-state index in [0.717, 1.165) is 11.6 Å². The molecule has 0 unspecified atom stereocenters. The van der Waals surface area contributed by atoms with Crippen LogP contribution in [0.15, 0.2) is 47.4 Å². The monoisotopic (exact) mass is 365 g/mol. The van der Waals surface area contributed by atoms with Crippen LogP contribution in [0.2, 0.25) is 0 Å². The molecule has 0 saturated carbocycles. The second kappa shape index (κ2) is 8.00. The molecule has 134 valence electrons. The van der Waals surface area contributed by atoms with Crippen LogP contribution in [-0.2, 0) is 14.8 Å². The molecule has 0 saturated heterocycles. The fraction of sp³-hybridized carbons (Fsp3) is 0.235. The summed E-state index contributed by atoms with van der Waals surface area (Å²) in [6.07, 6.45) is 0. The van der Waals surface area contributed by atoms with Gasteiger partial charge in [-0.15, -0.1) is 0 Å². The van der Waals surface area contributed by atoms with Crippen molar-refractivity contribution in [2.24, 2.45) is 5.14 Å². The third kappa shape index (κ3) is 5.20. The van der Waals surface area contributed by atoms with Gasteiger partial charge >= 0.3 is 5.97 Å². The average molecular weight is 365 g/mol. The summed E-state index contributed by atoms with van der Waals surface area (Å²) < 4.78 is 38.5. The van der Waals surface area contributed by atoms with Crippen LogP contribution >= 0.6 is 0 Å². The van der Waals surface area contributed by atoms with Gasteiger partial charge in [-0.25, -0.2) is 18.4 Å². The summed E-state index contributed by atoms with van der Waals surface area (Å²) in [6, 6.07) is 11.2. The van der Waals surface area contributed by atoms with Gasteiger partial charge in [0.1, 0.15) is 30.3 Å². The SMILES string of the molecule is COc1ccc(S(N)(=O)=O)cc1C(=O)OCCOc1cccc(C)c1. The fourth-order valence-electron chi connectivity index (χ4n) is 2.10. The van der Waals surface area contributed by atoms with Crippen LogP contribution in [0.3, 0.4) is 0 Å². The van der Waals surface area contributed by atoms with Crippen molar-refractivity contribution >= 4 is 16.0 Å². The molecule has 2 rings (SSSR count). The number of esters is 1. The lowest BCUT2D eigenvalue weighted by Crippen LogP contribution is -2.16. The number of primary sulfonamides is 1. The minimum absolute atomic E-state index is 0.00443. The molecule has 0 bridgehead atoms. The zero-order valence-corrected chi connectivity index (χ0v) is 14.7. The molecule has 0 aromatic heterocycles. The quantitative estimate of drug-likeness (QED) is 0.593. The Kier molecular flexibility index (Phi) is 6.00. The number of rotatable bonds is 7. The smallest absolute Gasteiger partial charge is 0.342 e. The van der Waals surface area contributed by atoms with Gasteiger partial charge in [0.05, 0.1) is 12.0 Å². The highest BCUT2D eigenvalue weighted by molar-refractivity contribution is 7.89. The van der Waals surface area contributed by atoms with Crippen LogP contribution in [0.25, 0.3) is 0 Å². The predicted molar refractivity (Wildman–Crippen MR) is 91.3 cm³/mol. The summed E-state index contributed by atoms with van der Waals surface area (Å²) in [5, 5.41) is 5.07. The van der Waals surface area contributed by atoms with Crippen LogP contribution < -0.4 is 14.6 Å². The average Bonchev–Trinajstić information content (AvgIpc) is 2.57. The zero-order valence-electron chi connectivity index (χ0n) is 13.9. The lowest BCUT2D eigenvalue weighted by Gasteiger charge is -2.11. The van der Waals surface area contributed by atoms with Crippen LogP contribution in [0.1, 0.15) is 15.9 Å². The predicted octanol–water partition coefficient (Wildman–Crippen LogP) is 1.89. The molecule has 0 atom stereocenters. The third-order valence-electron chi connectivity index (χ3n) is 3.29. The van der Waals surface area contributed by atoms with Crippen LogP contribution in [0.5, 0.6) is 11.5 Å². The molecule has 7 nitrogen and oxygen atoms in total. The Morgan fingerprint density at radius 3 is 2.52 bits per heavy atom. The number of ether oxygens (including phenoxy) is 3. The van der Waals surface area contributed by atoms with Crippen molar-refractivity contribution in [1.29, 1.82) is 0 Å². The number of hydrogen-bond acceptors (Lipinski definition) is 6. The van der Waals surface area contributed by atoms with Gasteiger partial charge in [0.15, 0.2) is 0 Å². The Hall–Kier alpha value is -2.58. The second-order valence-corrected chi connectivity index (χ2v) is 6.77. The van der Waals surface area contributed by atoms with E-state index in [4.69, 9.17) is 19.3 Å². The van der Waals surface area contributed by atoms with E-state index in [1.807, 2.05) is 25.1 Å². The van der Waals surface area contributed by atoms with Gasteiger partial charge in [-0.1, -0.05) is 12.1 Å². The third-order valence-corrected chi connectivity index (χ3v) is 4.21. The number of sulfonamides is 1. The van der Waals surface area contributed by atoms with Crippen LogP contribution in [0.4, 0.5) is 0 Å². The molecule has 0 aliphatic carbocycles. The summed E-state index contributed by atoms with van der Waals surface area (Å²) in [5.74, 6) is 0.136. The molecule has 8 heteroatoms. The summed E-state index contributed by atoms with van der Waals surface area (Å²) in [7, 11) is -2.57. The van der Waals surface area contributed by atoms with E-state index in [1.165, 1.54) is 19.2 Å². The molecule has 0 fully saturated rings. The fourth-order valence-corrected chi connectivity index (χ4v) is 2.64. The minimum Gasteiger partial charge on any atom is -0.496 e. The lowest BCUT2D eigenvalue weighted by molar-refractivity contribution is 0.0446. The van der Waals surface area contributed by atoms with E-state index in [-0.39, 0.29) is 29.4 Å². The van der Waals surface area contributed by atoms with E-state index in [0.29, 0.717) is 5.75 Å². The summed E-state index contributed by atoms with van der Waals surface area (Å²) >= 11 is 0. The normalized spacial score (nSPS) is 11.0. The lowest BCUT2D eigenvalue weighted by atomic mass is 10.2. The van der Waals surface area contributed by atoms with E-state index in [1.54, 1.807) is 6.07 Å². The Morgan fingerprint density at radius 1 is 1.12 bits per heavy atom. The summed E-state index contributed by atoms with van der Waals surface area (Å²) in [4.78, 5) is 12.0. The second-order valence-electron chi connectivity index (χ2n) is 5.21. The molecule has 2 N–H and O–H groups in total. The Balaban J connectivity index is 2.00. The first kappa shape index (κ1) is 18.8. The maximum atomic E-state index is 12.2. The maximum Gasteiger partial charge on any atom is 0.342 e. The van der Waals surface area contributed by atoms with Crippen molar-refractivity contribution < 1.29 is 27.4 Å². The Labute approximate surface area is 146 Å². The van der Waals surface area contributed by atoms with Gasteiger partial charge in [0, 0.05) is 0 Å². The number of methoxy groups -OCH3 is 1. The van der Waals surface area contributed by atoms with E-state index in [9.17, 15) is 13.2 Å². The summed E-state index contributed by atoms with van der Waals surface area (Å²) in [6.45, 7) is 2.10.